The predicted molar refractivity (Wildman–Crippen MR) is 84.0 cm³/mol. The summed E-state index contributed by atoms with van der Waals surface area (Å²) in [5, 5.41) is 6.14. The number of methoxy groups -OCH3 is 1. The molecule has 1 saturated carbocycles. The molecular weight excluding hydrogens is 246 g/mol. The molecule has 106 valence electrons. The first kappa shape index (κ1) is 13.6. The van der Waals surface area contributed by atoms with Gasteiger partial charge in [0.25, 0.3) is 0 Å². The van der Waals surface area contributed by atoms with Gasteiger partial charge < -0.3 is 10.1 Å². The summed E-state index contributed by atoms with van der Waals surface area (Å²) in [6.07, 6.45) is 3.98. The predicted octanol–water partition coefficient (Wildman–Crippen LogP) is 3.40. The van der Waals surface area contributed by atoms with E-state index in [1.54, 1.807) is 0 Å². The average Bonchev–Trinajstić information content (AvgIpc) is 3.32. The highest BCUT2D eigenvalue weighted by molar-refractivity contribution is 5.85. The van der Waals surface area contributed by atoms with Gasteiger partial charge in [-0.25, -0.2) is 0 Å². The Bertz CT molecular complexity index is 571. The lowest BCUT2D eigenvalue weighted by atomic mass is 9.94. The van der Waals surface area contributed by atoms with Crippen LogP contribution < -0.4 is 5.32 Å². The van der Waals surface area contributed by atoms with Gasteiger partial charge in [0.05, 0.1) is 6.10 Å². The van der Waals surface area contributed by atoms with Crippen molar-refractivity contribution in [1.82, 2.24) is 5.32 Å². The maximum Gasteiger partial charge on any atom is 0.0755 e. The minimum atomic E-state index is 0.332. The van der Waals surface area contributed by atoms with Gasteiger partial charge in [0.15, 0.2) is 0 Å². The van der Waals surface area contributed by atoms with Crippen LogP contribution in [-0.2, 0) is 11.2 Å². The molecule has 2 heteroatoms. The Balaban J connectivity index is 1.87. The summed E-state index contributed by atoms with van der Waals surface area (Å²) in [5.74, 6) is 0.743. The van der Waals surface area contributed by atoms with E-state index in [0.717, 1.165) is 12.3 Å². The second-order valence-corrected chi connectivity index (χ2v) is 5.78. The van der Waals surface area contributed by atoms with Gasteiger partial charge in [-0.1, -0.05) is 42.5 Å². The Labute approximate surface area is 121 Å². The number of hydrogen-bond acceptors (Lipinski definition) is 2. The molecule has 0 aliphatic heterocycles. The van der Waals surface area contributed by atoms with E-state index < -0.39 is 0 Å². The van der Waals surface area contributed by atoms with Gasteiger partial charge in [0.2, 0.25) is 0 Å². The summed E-state index contributed by atoms with van der Waals surface area (Å²) in [6.45, 7) is 0. The number of rotatable bonds is 6. The smallest absolute Gasteiger partial charge is 0.0755 e. The molecule has 2 unspecified atom stereocenters. The van der Waals surface area contributed by atoms with Crippen LogP contribution in [0, 0.1) is 5.92 Å². The largest absolute Gasteiger partial charge is 0.380 e. The van der Waals surface area contributed by atoms with Gasteiger partial charge in [0.1, 0.15) is 0 Å². The van der Waals surface area contributed by atoms with Crippen molar-refractivity contribution in [3.63, 3.8) is 0 Å². The first-order chi connectivity index (χ1) is 9.83. The molecule has 2 aromatic carbocycles. The molecule has 2 aromatic rings. The zero-order chi connectivity index (χ0) is 13.9. The van der Waals surface area contributed by atoms with E-state index in [4.69, 9.17) is 4.74 Å². The molecule has 20 heavy (non-hydrogen) atoms. The van der Waals surface area contributed by atoms with Crippen LogP contribution in [0.15, 0.2) is 42.5 Å². The van der Waals surface area contributed by atoms with Crippen molar-refractivity contribution in [3.05, 3.63) is 48.0 Å². The highest BCUT2D eigenvalue weighted by Crippen LogP contribution is 2.36. The van der Waals surface area contributed by atoms with E-state index in [-0.39, 0.29) is 0 Å². The highest BCUT2D eigenvalue weighted by Gasteiger charge is 2.36. The normalized spacial score (nSPS) is 18.1. The number of fused-ring (bicyclic) bond motifs is 1. The summed E-state index contributed by atoms with van der Waals surface area (Å²) in [6, 6.07) is 15.6. The molecule has 1 fully saturated rings. The maximum atomic E-state index is 5.75. The molecule has 1 N–H and O–H groups in total. The van der Waals surface area contributed by atoms with Crippen molar-refractivity contribution in [2.24, 2.45) is 5.92 Å². The third-order valence-electron chi connectivity index (χ3n) is 4.45. The van der Waals surface area contributed by atoms with Crippen LogP contribution in [0.4, 0.5) is 0 Å². The Kier molecular flexibility index (Phi) is 4.04. The van der Waals surface area contributed by atoms with E-state index in [2.05, 4.69) is 47.8 Å². The van der Waals surface area contributed by atoms with Crippen molar-refractivity contribution in [1.29, 1.82) is 0 Å². The Morgan fingerprint density at radius 3 is 2.60 bits per heavy atom. The molecule has 0 radical (unpaired) electrons. The van der Waals surface area contributed by atoms with Gasteiger partial charge in [0, 0.05) is 13.2 Å². The minimum absolute atomic E-state index is 0.332. The maximum absolute atomic E-state index is 5.75. The third-order valence-corrected chi connectivity index (χ3v) is 4.45. The van der Waals surface area contributed by atoms with E-state index in [1.807, 2.05) is 14.2 Å². The van der Waals surface area contributed by atoms with Gasteiger partial charge in [-0.3, -0.25) is 0 Å². The van der Waals surface area contributed by atoms with Crippen molar-refractivity contribution >= 4 is 10.8 Å². The van der Waals surface area contributed by atoms with Crippen LogP contribution >= 0.6 is 0 Å². The molecule has 3 rings (SSSR count). The van der Waals surface area contributed by atoms with Crippen LogP contribution in [0.1, 0.15) is 18.4 Å². The van der Waals surface area contributed by atoms with Gasteiger partial charge in [-0.2, -0.15) is 0 Å². The fraction of sp³-hybridized carbons (Fsp3) is 0.444. The van der Waals surface area contributed by atoms with Crippen LogP contribution in [0.2, 0.25) is 0 Å². The zero-order valence-electron chi connectivity index (χ0n) is 12.3. The lowest BCUT2D eigenvalue weighted by Gasteiger charge is -2.26. The van der Waals surface area contributed by atoms with Crippen LogP contribution in [-0.4, -0.2) is 26.3 Å². The lowest BCUT2D eigenvalue weighted by molar-refractivity contribution is 0.0535. The minimum Gasteiger partial charge on any atom is -0.380 e. The molecule has 0 spiro atoms. The molecule has 1 aliphatic carbocycles. The van der Waals surface area contributed by atoms with Crippen molar-refractivity contribution in [2.75, 3.05) is 14.2 Å². The average molecular weight is 269 g/mol. The summed E-state index contributed by atoms with van der Waals surface area (Å²) in [5.41, 5.74) is 1.41. The lowest BCUT2D eigenvalue weighted by Crippen LogP contribution is -2.42. The monoisotopic (exact) mass is 269 g/mol. The van der Waals surface area contributed by atoms with Gasteiger partial charge in [-0.15, -0.1) is 0 Å². The summed E-state index contributed by atoms with van der Waals surface area (Å²) >= 11 is 0. The topological polar surface area (TPSA) is 21.3 Å². The molecule has 0 amide bonds. The molecule has 0 saturated heterocycles. The highest BCUT2D eigenvalue weighted by atomic mass is 16.5. The summed E-state index contributed by atoms with van der Waals surface area (Å²) in [4.78, 5) is 0. The van der Waals surface area contributed by atoms with Crippen LogP contribution in [0.3, 0.4) is 0 Å². The summed E-state index contributed by atoms with van der Waals surface area (Å²) in [7, 11) is 3.89. The van der Waals surface area contributed by atoms with Crippen LogP contribution in [0.25, 0.3) is 10.8 Å². The molecule has 1 aliphatic rings. The molecular formula is C18H23NO. The first-order valence-electron chi connectivity index (χ1n) is 7.50. The third kappa shape index (κ3) is 2.72. The van der Waals surface area contributed by atoms with Crippen molar-refractivity contribution in [2.45, 2.75) is 31.4 Å². The molecule has 0 heterocycles. The second kappa shape index (κ2) is 5.94. The number of ether oxygens (including phenoxy) is 1. The SMILES string of the molecule is CNC(Cc1cccc2ccccc12)C(OC)C1CC1. The fourth-order valence-electron chi connectivity index (χ4n) is 3.20. The molecule has 2 nitrogen and oxygen atoms in total. The van der Waals surface area contributed by atoms with Gasteiger partial charge >= 0.3 is 0 Å². The standard InChI is InChI=1S/C18H23NO/c1-19-17(18(20-2)14-10-11-14)12-15-8-5-7-13-6-3-4-9-16(13)15/h3-9,14,17-19H,10-12H2,1-2H3. The van der Waals surface area contributed by atoms with E-state index in [1.165, 1.54) is 29.2 Å². The van der Waals surface area contributed by atoms with E-state index in [9.17, 15) is 0 Å². The number of nitrogens with one attached hydrogen (secondary N) is 1. The van der Waals surface area contributed by atoms with E-state index >= 15 is 0 Å². The van der Waals surface area contributed by atoms with Gasteiger partial charge in [-0.05, 0) is 48.6 Å². The van der Waals surface area contributed by atoms with E-state index in [0.29, 0.717) is 12.1 Å². The summed E-state index contributed by atoms with van der Waals surface area (Å²) < 4.78 is 5.75. The number of hydrogen-bond donors (Lipinski definition) is 1. The Morgan fingerprint density at radius 2 is 1.90 bits per heavy atom. The quantitative estimate of drug-likeness (QED) is 0.868. The first-order valence-corrected chi connectivity index (χ1v) is 7.50. The zero-order valence-corrected chi connectivity index (χ0v) is 12.3. The molecule has 0 bridgehead atoms. The second-order valence-electron chi connectivity index (χ2n) is 5.78. The van der Waals surface area contributed by atoms with Crippen molar-refractivity contribution in [3.8, 4) is 0 Å². The fourth-order valence-corrected chi connectivity index (χ4v) is 3.20. The molecule has 0 aromatic heterocycles. The van der Waals surface area contributed by atoms with Crippen LogP contribution in [0.5, 0.6) is 0 Å². The van der Waals surface area contributed by atoms with Crippen molar-refractivity contribution < 1.29 is 4.74 Å². The Morgan fingerprint density at radius 1 is 1.15 bits per heavy atom. The Hall–Kier alpha value is -1.38. The number of benzene rings is 2. The number of likely N-dealkylation sites (N-methyl/N-ethyl adjacent to an activating group) is 1. The molecule has 2 atom stereocenters.